The number of amides is 1. The Hall–Kier alpha value is -2.01. The van der Waals surface area contributed by atoms with Crippen LogP contribution in [0.25, 0.3) is 0 Å². The van der Waals surface area contributed by atoms with Gasteiger partial charge in [0.25, 0.3) is 15.9 Å². The summed E-state index contributed by atoms with van der Waals surface area (Å²) >= 11 is 8.20. The maximum absolute atomic E-state index is 12.3. The van der Waals surface area contributed by atoms with Crippen molar-refractivity contribution in [1.29, 1.82) is 0 Å². The van der Waals surface area contributed by atoms with Crippen LogP contribution in [-0.2, 0) is 10.0 Å². The van der Waals surface area contributed by atoms with Gasteiger partial charge in [-0.15, -0.1) is 21.5 Å². The number of carbonyl (C=O) groups is 1. The van der Waals surface area contributed by atoms with E-state index in [0.717, 1.165) is 11.3 Å². The molecule has 0 aliphatic carbocycles. The second-order valence-electron chi connectivity index (χ2n) is 4.85. The van der Waals surface area contributed by atoms with E-state index in [9.17, 15) is 13.2 Å². The number of nitrogens with zero attached hydrogens (tertiary/aromatic N) is 2. The number of hydrogen-bond acceptors (Lipinski definition) is 7. The van der Waals surface area contributed by atoms with Gasteiger partial charge in [0.15, 0.2) is 0 Å². The zero-order valence-corrected chi connectivity index (χ0v) is 15.9. The van der Waals surface area contributed by atoms with Crippen LogP contribution >= 0.6 is 34.3 Å². The molecule has 0 radical (unpaired) electrons. The first-order chi connectivity index (χ1) is 11.8. The van der Waals surface area contributed by atoms with Gasteiger partial charge in [-0.25, -0.2) is 8.42 Å². The number of carbonyl (C=O) groups excluding carboxylic acids is 1. The number of halogens is 1. The normalized spacial score (nSPS) is 11.3. The van der Waals surface area contributed by atoms with Crippen LogP contribution in [0.3, 0.4) is 0 Å². The molecule has 0 aliphatic rings. The van der Waals surface area contributed by atoms with Gasteiger partial charge in [0.1, 0.15) is 5.01 Å². The van der Waals surface area contributed by atoms with E-state index in [-0.39, 0.29) is 15.9 Å². The van der Waals surface area contributed by atoms with Crippen LogP contribution in [0.1, 0.15) is 15.4 Å². The number of sulfonamides is 1. The Morgan fingerprint density at radius 1 is 1.20 bits per heavy atom. The molecule has 0 atom stereocenters. The van der Waals surface area contributed by atoms with Gasteiger partial charge in [0.2, 0.25) is 5.13 Å². The van der Waals surface area contributed by atoms with Crippen LogP contribution in [0.15, 0.2) is 40.6 Å². The summed E-state index contributed by atoms with van der Waals surface area (Å²) in [4.78, 5) is 12.1. The Labute approximate surface area is 156 Å². The molecule has 3 aromatic rings. The molecule has 7 nitrogen and oxygen atoms in total. The molecule has 0 aliphatic heterocycles. The smallest absolute Gasteiger partial charge is 0.263 e. The summed E-state index contributed by atoms with van der Waals surface area (Å²) in [5, 5.41) is 12.7. The molecular formula is C14H11ClN4O3S3. The minimum absolute atomic E-state index is 0.0527. The average Bonchev–Trinajstić information content (AvgIpc) is 3.16. The van der Waals surface area contributed by atoms with E-state index < -0.39 is 10.0 Å². The van der Waals surface area contributed by atoms with Gasteiger partial charge < -0.3 is 5.32 Å². The predicted octanol–water partition coefficient (Wildman–Crippen LogP) is 3.61. The first-order valence-corrected chi connectivity index (χ1v) is 10.4. The largest absolute Gasteiger partial charge is 0.322 e. The number of benzene rings is 1. The van der Waals surface area contributed by atoms with Crippen LogP contribution in [0.2, 0.25) is 4.34 Å². The Balaban J connectivity index is 1.72. The van der Waals surface area contributed by atoms with Gasteiger partial charge in [-0.1, -0.05) is 22.9 Å². The maximum Gasteiger partial charge on any atom is 0.263 e. The molecule has 0 unspecified atom stereocenters. The monoisotopic (exact) mass is 414 g/mol. The topological polar surface area (TPSA) is 101 Å². The predicted molar refractivity (Wildman–Crippen MR) is 99.2 cm³/mol. The fourth-order valence-electron chi connectivity index (χ4n) is 1.86. The lowest BCUT2D eigenvalue weighted by Crippen LogP contribution is -2.14. The quantitative estimate of drug-likeness (QED) is 0.664. The van der Waals surface area contributed by atoms with Crippen LogP contribution in [0, 0.1) is 6.92 Å². The number of hydrogen-bond donors (Lipinski definition) is 2. The molecule has 1 aromatic carbocycles. The molecule has 2 N–H and O–H groups in total. The van der Waals surface area contributed by atoms with Crippen molar-refractivity contribution in [3.63, 3.8) is 0 Å². The number of aromatic nitrogens is 2. The lowest BCUT2D eigenvalue weighted by atomic mass is 10.3. The van der Waals surface area contributed by atoms with Gasteiger partial charge in [-0.05, 0) is 37.3 Å². The standard InChI is InChI=1S/C14H11ClN4O3S3/c1-8-17-18-14(24-8)19-25(21,22)11-4-2-10(3-5-11)16-13(20)9-6-12(15)23-7-9/h2-7H,1H3,(H,16,20)(H,18,19). The van der Waals surface area contributed by atoms with Gasteiger partial charge in [-0.2, -0.15) is 0 Å². The number of anilines is 2. The molecule has 0 saturated heterocycles. The van der Waals surface area contributed by atoms with Gasteiger partial charge in [-0.3, -0.25) is 9.52 Å². The Morgan fingerprint density at radius 3 is 2.48 bits per heavy atom. The lowest BCUT2D eigenvalue weighted by molar-refractivity contribution is 0.102. The zero-order valence-electron chi connectivity index (χ0n) is 12.7. The summed E-state index contributed by atoms with van der Waals surface area (Å²) in [6.07, 6.45) is 0. The number of aryl methyl sites for hydroxylation is 1. The SMILES string of the molecule is Cc1nnc(NS(=O)(=O)c2ccc(NC(=O)c3csc(Cl)c3)cc2)s1. The summed E-state index contributed by atoms with van der Waals surface area (Å²) in [6.45, 7) is 1.73. The summed E-state index contributed by atoms with van der Waals surface area (Å²) in [6, 6.07) is 7.37. The molecule has 0 saturated carbocycles. The minimum atomic E-state index is -3.76. The Morgan fingerprint density at radius 2 is 1.92 bits per heavy atom. The molecular weight excluding hydrogens is 404 g/mol. The van der Waals surface area contributed by atoms with Gasteiger partial charge in [0.05, 0.1) is 14.8 Å². The van der Waals surface area contributed by atoms with Crippen LogP contribution < -0.4 is 10.0 Å². The summed E-state index contributed by atoms with van der Waals surface area (Å²) in [5.74, 6) is -0.318. The molecule has 2 aromatic heterocycles. The van der Waals surface area contributed by atoms with E-state index in [1.165, 1.54) is 35.6 Å². The first kappa shape index (κ1) is 17.8. The third kappa shape index (κ3) is 4.34. The molecule has 0 spiro atoms. The third-order valence-corrected chi connectivity index (χ3v) is 6.33. The van der Waals surface area contributed by atoms with Crippen molar-refractivity contribution in [2.45, 2.75) is 11.8 Å². The summed E-state index contributed by atoms with van der Waals surface area (Å²) in [7, 11) is -3.76. The van der Waals surface area contributed by atoms with Crippen molar-refractivity contribution in [1.82, 2.24) is 10.2 Å². The lowest BCUT2D eigenvalue weighted by Gasteiger charge is -2.07. The maximum atomic E-state index is 12.3. The van der Waals surface area contributed by atoms with E-state index in [1.54, 1.807) is 18.4 Å². The highest BCUT2D eigenvalue weighted by atomic mass is 35.5. The average molecular weight is 415 g/mol. The second-order valence-corrected chi connectivity index (χ2v) is 9.26. The third-order valence-electron chi connectivity index (χ3n) is 3.00. The first-order valence-electron chi connectivity index (χ1n) is 6.82. The molecule has 25 heavy (non-hydrogen) atoms. The van der Waals surface area contributed by atoms with E-state index >= 15 is 0 Å². The molecule has 11 heteroatoms. The van der Waals surface area contributed by atoms with Crippen molar-refractivity contribution >= 4 is 61.0 Å². The van der Waals surface area contributed by atoms with E-state index in [0.29, 0.717) is 20.6 Å². The summed E-state index contributed by atoms with van der Waals surface area (Å²) in [5.41, 5.74) is 0.915. The number of rotatable bonds is 5. The van der Waals surface area contributed by atoms with Crippen LogP contribution in [0.4, 0.5) is 10.8 Å². The van der Waals surface area contributed by atoms with Crippen molar-refractivity contribution in [2.75, 3.05) is 10.0 Å². The van der Waals surface area contributed by atoms with Crippen LogP contribution in [-0.4, -0.2) is 24.5 Å². The molecule has 0 bridgehead atoms. The molecule has 2 heterocycles. The van der Waals surface area contributed by atoms with Gasteiger partial charge >= 0.3 is 0 Å². The van der Waals surface area contributed by atoms with E-state index in [2.05, 4.69) is 20.2 Å². The highest BCUT2D eigenvalue weighted by Crippen LogP contribution is 2.23. The van der Waals surface area contributed by atoms with Crippen molar-refractivity contribution in [3.05, 3.63) is 50.6 Å². The second kappa shape index (κ2) is 7.08. The van der Waals surface area contributed by atoms with Crippen molar-refractivity contribution < 1.29 is 13.2 Å². The molecule has 130 valence electrons. The number of thiophene rings is 1. The fourth-order valence-corrected chi connectivity index (χ4v) is 4.54. The molecule has 0 fully saturated rings. The number of nitrogens with one attached hydrogen (secondary N) is 2. The molecule has 3 rings (SSSR count). The zero-order chi connectivity index (χ0) is 18.0. The highest BCUT2D eigenvalue weighted by Gasteiger charge is 2.17. The van der Waals surface area contributed by atoms with Gasteiger partial charge in [0, 0.05) is 11.1 Å². The van der Waals surface area contributed by atoms with Crippen molar-refractivity contribution in [2.24, 2.45) is 0 Å². The Bertz CT molecular complexity index is 1010. The van der Waals surface area contributed by atoms with Crippen molar-refractivity contribution in [3.8, 4) is 0 Å². The highest BCUT2D eigenvalue weighted by molar-refractivity contribution is 7.93. The molecule has 1 amide bonds. The Kier molecular flexibility index (Phi) is 5.04. The van der Waals surface area contributed by atoms with E-state index in [1.807, 2.05) is 0 Å². The summed E-state index contributed by atoms with van der Waals surface area (Å²) < 4.78 is 27.5. The minimum Gasteiger partial charge on any atom is -0.322 e. The van der Waals surface area contributed by atoms with E-state index in [4.69, 9.17) is 11.6 Å². The van der Waals surface area contributed by atoms with Crippen LogP contribution in [0.5, 0.6) is 0 Å². The fraction of sp³-hybridized carbons (Fsp3) is 0.0714.